The van der Waals surface area contributed by atoms with Gasteiger partial charge in [0.05, 0.1) is 0 Å². The summed E-state index contributed by atoms with van der Waals surface area (Å²) in [7, 11) is 0. The number of carbonyl (C=O) groups is 1. The third-order valence-electron chi connectivity index (χ3n) is 6.98. The van der Waals surface area contributed by atoms with Crippen LogP contribution in [0.15, 0.2) is 84.9 Å². The first kappa shape index (κ1) is 17.8. The minimum atomic E-state index is -3.05. The summed E-state index contributed by atoms with van der Waals surface area (Å²) in [6.45, 7) is 1.40. The van der Waals surface area contributed by atoms with Crippen LogP contribution in [0.1, 0.15) is 29.2 Å². The van der Waals surface area contributed by atoms with Gasteiger partial charge in [0.15, 0.2) is 11.2 Å². The number of hydrogen-bond donors (Lipinski definition) is 0. The minimum Gasteiger partial charge on any atom is -0.456 e. The Hall–Kier alpha value is -3.05. The lowest BCUT2D eigenvalue weighted by atomic mass is 9.56. The second-order valence-electron chi connectivity index (χ2n) is 8.16. The molecule has 2 bridgehead atoms. The van der Waals surface area contributed by atoms with Crippen LogP contribution in [0.4, 0.5) is 8.78 Å². The predicted octanol–water partition coefficient (Wildman–Crippen LogP) is 4.58. The fourth-order valence-corrected chi connectivity index (χ4v) is 5.83. The molecule has 3 aliphatic heterocycles. The van der Waals surface area contributed by atoms with Crippen LogP contribution >= 0.6 is 0 Å². The standard InChI is InChI=1S/C25H18F2O3/c1-16-24(26)22(17-10-4-2-5-11-17)19-14-8-9-15-20(19)23(30-22,18-12-6-3-7-13-18)25(24,27)21(28)29-16/h2-16H,1H3/t16-,22+,23-,24-,25+/m0/s1. The number of cyclic esters (lactones) is 1. The third kappa shape index (κ3) is 1.52. The smallest absolute Gasteiger partial charge is 0.351 e. The SMILES string of the molecule is C[C@@H]1OC(=O)[C@@]2(F)[C@@]3(c4ccccc4)O[C@](c4ccccc4)(c4ccccc43)[C@@]12F. The summed E-state index contributed by atoms with van der Waals surface area (Å²) in [5.41, 5.74) is -7.82. The fourth-order valence-electron chi connectivity index (χ4n) is 5.83. The van der Waals surface area contributed by atoms with Gasteiger partial charge in [0, 0.05) is 0 Å². The second kappa shape index (κ2) is 5.35. The summed E-state index contributed by atoms with van der Waals surface area (Å²) in [6, 6.07) is 24.3. The lowest BCUT2D eigenvalue weighted by Crippen LogP contribution is -2.65. The number of fused-ring (bicyclic) bond motifs is 8. The molecule has 3 aromatic rings. The Morgan fingerprint density at radius 2 is 1.20 bits per heavy atom. The van der Waals surface area contributed by atoms with Crippen LogP contribution in [-0.2, 0) is 25.5 Å². The van der Waals surface area contributed by atoms with Gasteiger partial charge in [-0.2, -0.15) is 0 Å². The van der Waals surface area contributed by atoms with E-state index in [1.165, 1.54) is 6.92 Å². The molecule has 30 heavy (non-hydrogen) atoms. The summed E-state index contributed by atoms with van der Waals surface area (Å²) < 4.78 is 46.3. The molecule has 0 radical (unpaired) electrons. The molecule has 3 heterocycles. The minimum absolute atomic E-state index is 0.378. The molecule has 0 saturated carbocycles. The fraction of sp³-hybridized carbons (Fsp3) is 0.240. The van der Waals surface area contributed by atoms with E-state index in [0.717, 1.165) is 0 Å². The molecule has 0 spiro atoms. The molecule has 150 valence electrons. The van der Waals surface area contributed by atoms with E-state index in [4.69, 9.17) is 9.47 Å². The summed E-state index contributed by atoms with van der Waals surface area (Å²) in [5.74, 6) is -1.23. The van der Waals surface area contributed by atoms with Gasteiger partial charge < -0.3 is 9.47 Å². The molecule has 0 amide bonds. The Balaban J connectivity index is 1.82. The number of hydrogen-bond acceptors (Lipinski definition) is 3. The number of carbonyl (C=O) groups excluding carboxylic acids is 1. The average Bonchev–Trinajstić information content (AvgIpc) is 3.29. The first-order valence-electron chi connectivity index (χ1n) is 9.94. The van der Waals surface area contributed by atoms with Gasteiger partial charge in [0.1, 0.15) is 6.10 Å². The number of alkyl halides is 2. The van der Waals surface area contributed by atoms with Gasteiger partial charge in [0.25, 0.3) is 5.67 Å². The normalized spacial score (nSPS) is 38.2. The molecule has 2 saturated heterocycles. The van der Waals surface area contributed by atoms with Crippen molar-refractivity contribution in [2.45, 2.75) is 35.6 Å². The average molecular weight is 404 g/mol. The van der Waals surface area contributed by atoms with Crippen molar-refractivity contribution in [3.8, 4) is 0 Å². The van der Waals surface area contributed by atoms with Crippen LogP contribution in [0, 0.1) is 0 Å². The van der Waals surface area contributed by atoms with E-state index in [1.807, 2.05) is 0 Å². The number of esters is 1. The summed E-state index contributed by atoms with van der Waals surface area (Å²) in [4.78, 5) is 13.0. The Bertz CT molecular complexity index is 1180. The number of halogens is 2. The van der Waals surface area contributed by atoms with Crippen LogP contribution in [-0.4, -0.2) is 23.4 Å². The molecule has 2 fully saturated rings. The van der Waals surface area contributed by atoms with E-state index in [9.17, 15) is 4.79 Å². The van der Waals surface area contributed by atoms with E-state index >= 15 is 8.78 Å². The molecular weight excluding hydrogens is 386 g/mol. The van der Waals surface area contributed by atoms with Gasteiger partial charge in [-0.3, -0.25) is 0 Å². The quantitative estimate of drug-likeness (QED) is 0.587. The maximum atomic E-state index is 17.3. The monoisotopic (exact) mass is 404 g/mol. The number of benzene rings is 3. The van der Waals surface area contributed by atoms with E-state index in [2.05, 4.69) is 0 Å². The zero-order valence-electron chi connectivity index (χ0n) is 16.1. The maximum absolute atomic E-state index is 17.3. The third-order valence-corrected chi connectivity index (χ3v) is 6.98. The van der Waals surface area contributed by atoms with Gasteiger partial charge >= 0.3 is 5.97 Å². The van der Waals surface area contributed by atoms with Crippen molar-refractivity contribution in [2.75, 3.05) is 0 Å². The zero-order chi connectivity index (χ0) is 20.8. The molecule has 5 atom stereocenters. The Kier molecular flexibility index (Phi) is 3.17. The van der Waals surface area contributed by atoms with Crippen molar-refractivity contribution in [1.29, 1.82) is 0 Å². The first-order valence-corrected chi connectivity index (χ1v) is 9.94. The van der Waals surface area contributed by atoms with Crippen molar-refractivity contribution in [3.05, 3.63) is 107 Å². The van der Waals surface area contributed by atoms with Crippen molar-refractivity contribution < 1.29 is 23.0 Å². The van der Waals surface area contributed by atoms with Crippen molar-refractivity contribution in [1.82, 2.24) is 0 Å². The molecule has 0 aliphatic carbocycles. The van der Waals surface area contributed by atoms with E-state index < -0.39 is 34.6 Å². The second-order valence-corrected chi connectivity index (χ2v) is 8.16. The largest absolute Gasteiger partial charge is 0.456 e. The Labute approximate surface area is 172 Å². The topological polar surface area (TPSA) is 35.5 Å². The first-order chi connectivity index (χ1) is 14.4. The van der Waals surface area contributed by atoms with Gasteiger partial charge in [-0.25, -0.2) is 13.6 Å². The summed E-state index contributed by atoms with van der Waals surface area (Å²) >= 11 is 0. The Morgan fingerprint density at radius 1 is 0.733 bits per heavy atom. The number of ether oxygens (including phenoxy) is 2. The highest BCUT2D eigenvalue weighted by molar-refractivity contribution is 5.91. The van der Waals surface area contributed by atoms with E-state index in [0.29, 0.717) is 22.3 Å². The van der Waals surface area contributed by atoms with Crippen molar-refractivity contribution in [2.24, 2.45) is 0 Å². The molecule has 3 aliphatic rings. The molecule has 6 rings (SSSR count). The predicted molar refractivity (Wildman–Crippen MR) is 105 cm³/mol. The highest BCUT2D eigenvalue weighted by Crippen LogP contribution is 2.76. The molecule has 3 nitrogen and oxygen atoms in total. The zero-order valence-corrected chi connectivity index (χ0v) is 16.1. The van der Waals surface area contributed by atoms with Crippen LogP contribution in [0.25, 0.3) is 0 Å². The molecule has 0 unspecified atom stereocenters. The molecular formula is C25H18F2O3. The van der Waals surface area contributed by atoms with Crippen LogP contribution in [0.2, 0.25) is 0 Å². The Morgan fingerprint density at radius 3 is 1.77 bits per heavy atom. The molecule has 3 aromatic carbocycles. The van der Waals surface area contributed by atoms with Gasteiger partial charge in [0.2, 0.25) is 5.67 Å². The molecule has 0 N–H and O–H groups in total. The highest BCUT2D eigenvalue weighted by atomic mass is 19.2. The summed E-state index contributed by atoms with van der Waals surface area (Å²) in [6.07, 6.45) is -1.34. The van der Waals surface area contributed by atoms with Gasteiger partial charge in [-0.1, -0.05) is 84.9 Å². The van der Waals surface area contributed by atoms with Crippen LogP contribution in [0.3, 0.4) is 0 Å². The van der Waals surface area contributed by atoms with Crippen LogP contribution < -0.4 is 0 Å². The molecule has 5 heteroatoms. The lowest BCUT2D eigenvalue weighted by Gasteiger charge is -2.43. The maximum Gasteiger partial charge on any atom is 0.351 e. The number of rotatable bonds is 2. The highest BCUT2D eigenvalue weighted by Gasteiger charge is 2.95. The van der Waals surface area contributed by atoms with Gasteiger partial charge in [-0.15, -0.1) is 0 Å². The van der Waals surface area contributed by atoms with Crippen molar-refractivity contribution >= 4 is 5.97 Å². The lowest BCUT2D eigenvalue weighted by molar-refractivity contribution is -0.165. The van der Waals surface area contributed by atoms with E-state index in [1.54, 1.807) is 84.9 Å². The summed E-state index contributed by atoms with van der Waals surface area (Å²) in [5, 5.41) is 0. The molecule has 0 aromatic heterocycles. The van der Waals surface area contributed by atoms with Crippen LogP contribution in [0.5, 0.6) is 0 Å². The van der Waals surface area contributed by atoms with Crippen molar-refractivity contribution in [3.63, 3.8) is 0 Å². The van der Waals surface area contributed by atoms with E-state index in [-0.39, 0.29) is 0 Å². The van der Waals surface area contributed by atoms with Gasteiger partial charge in [-0.05, 0) is 29.2 Å².